The average molecular weight is 513 g/mol. The number of nitrogens with zero attached hydrogens (tertiary/aromatic N) is 2. The molecule has 1 saturated heterocycles. The highest BCUT2D eigenvalue weighted by Crippen LogP contribution is 2.29. The molecule has 1 N–H and O–H groups in total. The standard InChI is InChI=1S/C31H29ClN2O3/c32-26-12-10-24(11-13-26)28-9-5-4-8-25(28)21-33-16-18-34(19-17-33)27-14-15-29(31(35)36)30(20-27)37-22-23-6-2-1-3-7-23/h1-15,20H,16-19,21-22H2,(H,35,36). The first-order valence-electron chi connectivity index (χ1n) is 12.4. The molecule has 0 aromatic heterocycles. The van der Waals surface area contributed by atoms with Gasteiger partial charge in [0.2, 0.25) is 0 Å². The maximum absolute atomic E-state index is 11.8. The molecule has 37 heavy (non-hydrogen) atoms. The zero-order chi connectivity index (χ0) is 25.6. The highest BCUT2D eigenvalue weighted by molar-refractivity contribution is 6.30. The van der Waals surface area contributed by atoms with Gasteiger partial charge in [-0.1, -0.05) is 78.3 Å². The fourth-order valence-electron chi connectivity index (χ4n) is 4.71. The quantitative estimate of drug-likeness (QED) is 0.288. The fourth-order valence-corrected chi connectivity index (χ4v) is 4.84. The molecule has 0 aliphatic carbocycles. The van der Waals surface area contributed by atoms with E-state index in [4.69, 9.17) is 16.3 Å². The van der Waals surface area contributed by atoms with Crippen molar-refractivity contribution in [2.24, 2.45) is 0 Å². The van der Waals surface area contributed by atoms with Gasteiger partial charge in [0.1, 0.15) is 17.9 Å². The van der Waals surface area contributed by atoms with Crippen molar-refractivity contribution in [2.45, 2.75) is 13.2 Å². The van der Waals surface area contributed by atoms with E-state index in [9.17, 15) is 9.90 Å². The van der Waals surface area contributed by atoms with Crippen molar-refractivity contribution in [3.05, 3.63) is 119 Å². The number of carboxylic acid groups (broad SMARTS) is 1. The largest absolute Gasteiger partial charge is 0.488 e. The molecule has 4 aromatic rings. The molecule has 0 bridgehead atoms. The molecular formula is C31H29ClN2O3. The van der Waals surface area contributed by atoms with E-state index in [2.05, 4.69) is 46.2 Å². The number of carbonyl (C=O) groups is 1. The van der Waals surface area contributed by atoms with E-state index in [0.717, 1.165) is 49.0 Å². The normalized spacial score (nSPS) is 13.9. The smallest absolute Gasteiger partial charge is 0.339 e. The zero-order valence-corrected chi connectivity index (χ0v) is 21.3. The van der Waals surface area contributed by atoms with Gasteiger partial charge in [-0.2, -0.15) is 0 Å². The zero-order valence-electron chi connectivity index (χ0n) is 20.5. The number of piperazine rings is 1. The molecule has 1 aliphatic rings. The third-order valence-electron chi connectivity index (χ3n) is 6.74. The highest BCUT2D eigenvalue weighted by atomic mass is 35.5. The van der Waals surface area contributed by atoms with Crippen molar-refractivity contribution in [1.82, 2.24) is 4.90 Å². The van der Waals surface area contributed by atoms with Gasteiger partial charge in [-0.3, -0.25) is 4.90 Å². The Balaban J connectivity index is 1.25. The lowest BCUT2D eigenvalue weighted by Gasteiger charge is -2.36. The third kappa shape index (κ3) is 6.13. The van der Waals surface area contributed by atoms with Crippen LogP contribution in [-0.2, 0) is 13.2 Å². The molecule has 1 fully saturated rings. The monoisotopic (exact) mass is 512 g/mol. The van der Waals surface area contributed by atoms with Crippen LogP contribution in [0.1, 0.15) is 21.5 Å². The molecule has 4 aromatic carbocycles. The number of rotatable bonds is 8. The Kier molecular flexibility index (Phi) is 7.73. The van der Waals surface area contributed by atoms with Crippen molar-refractivity contribution in [3.8, 4) is 16.9 Å². The lowest BCUT2D eigenvalue weighted by Crippen LogP contribution is -2.46. The summed E-state index contributed by atoms with van der Waals surface area (Å²) in [7, 11) is 0. The topological polar surface area (TPSA) is 53.0 Å². The van der Waals surface area contributed by atoms with Crippen LogP contribution in [-0.4, -0.2) is 42.2 Å². The fraction of sp³-hybridized carbons (Fsp3) is 0.194. The van der Waals surface area contributed by atoms with Gasteiger partial charge in [0.15, 0.2) is 0 Å². The molecule has 1 aliphatic heterocycles. The molecule has 5 nitrogen and oxygen atoms in total. The molecule has 6 heteroatoms. The van der Waals surface area contributed by atoms with E-state index in [1.165, 1.54) is 16.7 Å². The Morgan fingerprint density at radius 3 is 2.27 bits per heavy atom. The van der Waals surface area contributed by atoms with Crippen LogP contribution in [0.3, 0.4) is 0 Å². The molecular weight excluding hydrogens is 484 g/mol. The number of hydrogen-bond donors (Lipinski definition) is 1. The lowest BCUT2D eigenvalue weighted by atomic mass is 9.99. The maximum Gasteiger partial charge on any atom is 0.339 e. The van der Waals surface area contributed by atoms with Crippen molar-refractivity contribution in [2.75, 3.05) is 31.1 Å². The van der Waals surface area contributed by atoms with E-state index >= 15 is 0 Å². The molecule has 0 amide bonds. The van der Waals surface area contributed by atoms with Crippen LogP contribution in [0, 0.1) is 0 Å². The summed E-state index contributed by atoms with van der Waals surface area (Å²) < 4.78 is 5.95. The molecule has 0 radical (unpaired) electrons. The molecule has 188 valence electrons. The van der Waals surface area contributed by atoms with E-state index in [0.29, 0.717) is 12.4 Å². The van der Waals surface area contributed by atoms with Gasteiger partial charge in [-0.25, -0.2) is 4.79 Å². The van der Waals surface area contributed by atoms with E-state index in [-0.39, 0.29) is 5.56 Å². The Labute approximate surface area is 222 Å². The molecule has 0 atom stereocenters. The first-order valence-corrected chi connectivity index (χ1v) is 12.8. The molecule has 0 spiro atoms. The van der Waals surface area contributed by atoms with Crippen LogP contribution in [0.4, 0.5) is 5.69 Å². The van der Waals surface area contributed by atoms with Crippen molar-refractivity contribution in [3.63, 3.8) is 0 Å². The van der Waals surface area contributed by atoms with Crippen molar-refractivity contribution in [1.29, 1.82) is 0 Å². The van der Waals surface area contributed by atoms with Crippen LogP contribution in [0.2, 0.25) is 5.02 Å². The summed E-state index contributed by atoms with van der Waals surface area (Å²) in [4.78, 5) is 16.5. The predicted molar refractivity (Wildman–Crippen MR) is 149 cm³/mol. The second kappa shape index (κ2) is 11.5. The molecule has 0 unspecified atom stereocenters. The number of hydrogen-bond acceptors (Lipinski definition) is 4. The van der Waals surface area contributed by atoms with E-state index < -0.39 is 5.97 Å². The summed E-state index contributed by atoms with van der Waals surface area (Å²) in [5, 5.41) is 10.4. The summed E-state index contributed by atoms with van der Waals surface area (Å²) in [6, 6.07) is 31.7. The summed E-state index contributed by atoms with van der Waals surface area (Å²) in [6.45, 7) is 4.73. The number of benzene rings is 4. The Bertz CT molecular complexity index is 1350. The summed E-state index contributed by atoms with van der Waals surface area (Å²) in [5.41, 5.74) is 5.84. The second-order valence-electron chi connectivity index (χ2n) is 9.19. The van der Waals surface area contributed by atoms with Crippen LogP contribution in [0.15, 0.2) is 97.1 Å². The number of ether oxygens (including phenoxy) is 1. The van der Waals surface area contributed by atoms with Gasteiger partial charge in [0.25, 0.3) is 0 Å². The third-order valence-corrected chi connectivity index (χ3v) is 6.99. The lowest BCUT2D eigenvalue weighted by molar-refractivity contribution is 0.0691. The predicted octanol–water partition coefficient (Wildman–Crippen LogP) is 6.61. The van der Waals surface area contributed by atoms with Gasteiger partial charge in [0, 0.05) is 49.5 Å². The number of anilines is 1. The average Bonchev–Trinajstić information content (AvgIpc) is 2.93. The minimum Gasteiger partial charge on any atom is -0.488 e. The van der Waals surface area contributed by atoms with Gasteiger partial charge in [-0.15, -0.1) is 0 Å². The SMILES string of the molecule is O=C(O)c1ccc(N2CCN(Cc3ccccc3-c3ccc(Cl)cc3)CC2)cc1OCc1ccccc1. The van der Waals surface area contributed by atoms with Gasteiger partial charge in [0.05, 0.1) is 0 Å². The second-order valence-corrected chi connectivity index (χ2v) is 9.62. The van der Waals surface area contributed by atoms with Crippen LogP contribution < -0.4 is 9.64 Å². The van der Waals surface area contributed by atoms with Crippen LogP contribution >= 0.6 is 11.6 Å². The minimum absolute atomic E-state index is 0.178. The summed E-state index contributed by atoms with van der Waals surface area (Å²) in [5.74, 6) is -0.591. The first kappa shape index (κ1) is 24.9. The number of carboxylic acids is 1. The highest BCUT2D eigenvalue weighted by Gasteiger charge is 2.21. The molecule has 1 heterocycles. The number of aromatic carboxylic acids is 1. The van der Waals surface area contributed by atoms with Gasteiger partial charge in [-0.05, 0) is 46.5 Å². The van der Waals surface area contributed by atoms with Crippen molar-refractivity contribution >= 4 is 23.3 Å². The molecule has 0 saturated carbocycles. The molecule has 5 rings (SSSR count). The van der Waals surface area contributed by atoms with Gasteiger partial charge < -0.3 is 14.7 Å². The van der Waals surface area contributed by atoms with Crippen LogP contribution in [0.25, 0.3) is 11.1 Å². The first-order chi connectivity index (χ1) is 18.1. The summed E-state index contributed by atoms with van der Waals surface area (Å²) >= 11 is 6.09. The van der Waals surface area contributed by atoms with E-state index in [1.54, 1.807) is 6.07 Å². The maximum atomic E-state index is 11.8. The minimum atomic E-state index is -0.987. The van der Waals surface area contributed by atoms with Crippen LogP contribution in [0.5, 0.6) is 5.75 Å². The number of halogens is 1. The summed E-state index contributed by atoms with van der Waals surface area (Å²) in [6.07, 6.45) is 0. The van der Waals surface area contributed by atoms with Crippen molar-refractivity contribution < 1.29 is 14.6 Å². The Morgan fingerprint density at radius 2 is 1.54 bits per heavy atom. The van der Waals surface area contributed by atoms with E-state index in [1.807, 2.05) is 54.6 Å². The van der Waals surface area contributed by atoms with Gasteiger partial charge >= 0.3 is 5.97 Å². The Morgan fingerprint density at radius 1 is 0.838 bits per heavy atom. The Hall–Kier alpha value is -3.80.